The number of hydrogen-bond donors (Lipinski definition) is 2. The van der Waals surface area contributed by atoms with Crippen LogP contribution in [0.3, 0.4) is 0 Å². The average molecular weight is 489 g/mol. The van der Waals surface area contributed by atoms with Crippen molar-refractivity contribution in [1.29, 1.82) is 5.26 Å². The van der Waals surface area contributed by atoms with E-state index in [0.29, 0.717) is 12.8 Å². The number of nitrogens with zero attached hydrogens (tertiary/aromatic N) is 4. The van der Waals surface area contributed by atoms with Crippen LogP contribution in [0, 0.1) is 23.2 Å². The first-order valence-corrected chi connectivity index (χ1v) is 11.1. The van der Waals surface area contributed by atoms with Crippen LogP contribution in [0.1, 0.15) is 53.8 Å². The van der Waals surface area contributed by atoms with E-state index in [4.69, 9.17) is 13.6 Å². The largest absolute Gasteiger partial charge is 0.480 e. The number of aromatic nitrogens is 3. The minimum absolute atomic E-state index is 0.0144. The molecule has 2 N–H and O–H groups in total. The van der Waals surface area contributed by atoms with Gasteiger partial charge in [0, 0.05) is 0 Å². The number of carbonyl (C=O) groups excluding carboxylic acids is 1. The van der Waals surface area contributed by atoms with Gasteiger partial charge in [-0.05, 0) is 48.7 Å². The number of ether oxygens (including phenoxy) is 1. The lowest BCUT2D eigenvalue weighted by Crippen LogP contribution is -2.19. The minimum Gasteiger partial charge on any atom is -0.480 e. The van der Waals surface area contributed by atoms with Gasteiger partial charge in [-0.3, -0.25) is 10.1 Å². The van der Waals surface area contributed by atoms with Gasteiger partial charge >= 0.3 is 17.8 Å². The Balaban J connectivity index is 1.33. The third kappa shape index (κ3) is 4.18. The van der Waals surface area contributed by atoms with Crippen LogP contribution in [-0.2, 0) is 14.9 Å². The molecule has 5 rings (SSSR count). The topological polar surface area (TPSA) is 164 Å². The number of carbonyl (C=O) groups is 2. The molecule has 1 unspecified atom stereocenters. The van der Waals surface area contributed by atoms with E-state index in [9.17, 15) is 20.0 Å². The predicted octanol–water partition coefficient (Wildman–Crippen LogP) is 3.97. The van der Waals surface area contributed by atoms with Crippen molar-refractivity contribution in [2.75, 3.05) is 5.32 Å². The number of nitriles is 1. The number of amides is 1. The van der Waals surface area contributed by atoms with E-state index in [1.165, 1.54) is 0 Å². The van der Waals surface area contributed by atoms with Crippen molar-refractivity contribution < 1.29 is 28.3 Å². The molecular weight excluding hydrogens is 474 g/mol. The summed E-state index contributed by atoms with van der Waals surface area (Å²) in [5.41, 5.74) is -0.0933. The van der Waals surface area contributed by atoms with E-state index in [0.717, 1.165) is 17.1 Å². The maximum Gasteiger partial charge on any atom is 0.412 e. The van der Waals surface area contributed by atoms with Crippen LogP contribution in [0.4, 0.5) is 10.5 Å². The number of anilines is 1. The van der Waals surface area contributed by atoms with Gasteiger partial charge in [-0.15, -0.1) is 0 Å². The quantitative estimate of drug-likeness (QED) is 0.392. The van der Waals surface area contributed by atoms with Gasteiger partial charge < -0.3 is 18.7 Å². The lowest BCUT2D eigenvalue weighted by Gasteiger charge is -2.13. The third-order valence-corrected chi connectivity index (χ3v) is 6.17. The van der Waals surface area contributed by atoms with Gasteiger partial charge in [0.05, 0.1) is 0 Å². The lowest BCUT2D eigenvalue weighted by molar-refractivity contribution is -0.140. The number of benzene rings is 1. The minimum atomic E-state index is -1.11. The molecule has 3 heterocycles. The molecule has 1 aliphatic carbocycles. The summed E-state index contributed by atoms with van der Waals surface area (Å²) >= 11 is 0.913. The standard InChI is InChI=1S/C23H15N5O6S/c1-12(13-5-3-2-4-6-13)32-22(31)26-17-14(11-24)28-35-15(17)7-8-16-25-18-19(33-16)34-20(27-18)23(9-10-23)21(29)30/h2-6,12H,9-10H2,1H3,(H,26,31)(H,29,30). The fraction of sp³-hybridized carbons (Fsp3) is 0.217. The summed E-state index contributed by atoms with van der Waals surface area (Å²) < 4.78 is 20.3. The SMILES string of the molecule is CC(OC(=O)Nc1c(C#N)nsc1C#Cc1nc2nc(C3(C(=O)O)CC3)oc2o1)c1ccccc1. The van der Waals surface area contributed by atoms with Crippen LogP contribution in [0.15, 0.2) is 39.2 Å². The first-order chi connectivity index (χ1) is 16.9. The molecule has 0 radical (unpaired) electrons. The summed E-state index contributed by atoms with van der Waals surface area (Å²) in [7, 11) is 0. The number of nitrogens with one attached hydrogen (secondary N) is 1. The van der Waals surface area contributed by atoms with Gasteiger partial charge in [-0.1, -0.05) is 30.3 Å². The number of hydrogen-bond acceptors (Lipinski definition) is 10. The van der Waals surface area contributed by atoms with E-state index in [2.05, 4.69) is 31.5 Å². The van der Waals surface area contributed by atoms with E-state index >= 15 is 0 Å². The highest BCUT2D eigenvalue weighted by Crippen LogP contribution is 2.48. The summed E-state index contributed by atoms with van der Waals surface area (Å²) in [6.07, 6.45) is -0.405. The molecule has 1 atom stereocenters. The molecule has 1 aromatic carbocycles. The fourth-order valence-corrected chi connectivity index (χ4v) is 3.96. The molecule has 0 aliphatic heterocycles. The zero-order chi connectivity index (χ0) is 24.6. The number of carboxylic acid groups (broad SMARTS) is 1. The Morgan fingerprint density at radius 3 is 2.66 bits per heavy atom. The van der Waals surface area contributed by atoms with Crippen LogP contribution in [0.2, 0.25) is 0 Å². The predicted molar refractivity (Wildman–Crippen MR) is 120 cm³/mol. The molecule has 35 heavy (non-hydrogen) atoms. The first-order valence-electron chi connectivity index (χ1n) is 10.4. The Morgan fingerprint density at radius 2 is 2.00 bits per heavy atom. The molecule has 1 fully saturated rings. The summed E-state index contributed by atoms with van der Waals surface area (Å²) in [6, 6.07) is 11.1. The van der Waals surface area contributed by atoms with Crippen LogP contribution >= 0.6 is 11.5 Å². The molecular formula is C23H15N5O6S. The number of aliphatic carboxylic acids is 1. The summed E-state index contributed by atoms with van der Waals surface area (Å²) in [6.45, 7) is 1.73. The maximum atomic E-state index is 12.4. The van der Waals surface area contributed by atoms with E-state index in [1.807, 2.05) is 36.4 Å². The molecule has 1 amide bonds. The van der Waals surface area contributed by atoms with Crippen LogP contribution in [0.5, 0.6) is 0 Å². The molecule has 12 heteroatoms. The summed E-state index contributed by atoms with van der Waals surface area (Å²) in [4.78, 5) is 32.4. The van der Waals surface area contributed by atoms with Gasteiger partial charge in [-0.2, -0.15) is 19.6 Å². The molecule has 1 saturated carbocycles. The van der Waals surface area contributed by atoms with Gasteiger partial charge in [0.25, 0.3) is 5.89 Å². The third-order valence-electron chi connectivity index (χ3n) is 5.41. The van der Waals surface area contributed by atoms with Crippen molar-refractivity contribution in [3.63, 3.8) is 0 Å². The second-order valence-corrected chi connectivity index (χ2v) is 8.49. The second-order valence-electron chi connectivity index (χ2n) is 7.72. The molecule has 11 nitrogen and oxygen atoms in total. The fourth-order valence-electron chi connectivity index (χ4n) is 3.31. The number of fused-ring (bicyclic) bond motifs is 1. The second kappa shape index (κ2) is 8.59. The van der Waals surface area contributed by atoms with Crippen LogP contribution in [-0.4, -0.2) is 31.5 Å². The van der Waals surface area contributed by atoms with Crippen molar-refractivity contribution in [3.8, 4) is 17.9 Å². The average Bonchev–Trinajstić information content (AvgIpc) is 3.24. The van der Waals surface area contributed by atoms with Gasteiger partial charge in [0.15, 0.2) is 5.69 Å². The smallest absolute Gasteiger partial charge is 0.412 e. The number of rotatable bonds is 5. The molecule has 4 aromatic rings. The monoisotopic (exact) mass is 489 g/mol. The van der Waals surface area contributed by atoms with E-state index in [1.54, 1.807) is 6.92 Å². The molecule has 3 aromatic heterocycles. The zero-order valence-electron chi connectivity index (χ0n) is 18.1. The van der Waals surface area contributed by atoms with Gasteiger partial charge in [0.2, 0.25) is 11.5 Å². The zero-order valence-corrected chi connectivity index (χ0v) is 18.9. The highest BCUT2D eigenvalue weighted by Gasteiger charge is 2.56. The normalized spacial score (nSPS) is 14.4. The Labute approximate surface area is 201 Å². The summed E-state index contributed by atoms with van der Waals surface area (Å²) in [5, 5.41) is 21.2. The molecule has 1 aliphatic rings. The molecule has 0 saturated heterocycles. The maximum absolute atomic E-state index is 12.4. The molecule has 0 bridgehead atoms. The Morgan fingerprint density at radius 1 is 1.23 bits per heavy atom. The van der Waals surface area contributed by atoms with Crippen molar-refractivity contribution in [1.82, 2.24) is 14.3 Å². The van der Waals surface area contributed by atoms with E-state index in [-0.39, 0.29) is 39.5 Å². The van der Waals surface area contributed by atoms with Crippen molar-refractivity contribution in [3.05, 3.63) is 58.2 Å². The Hall–Kier alpha value is -4.68. The summed E-state index contributed by atoms with van der Waals surface area (Å²) in [5.74, 6) is 4.43. The van der Waals surface area contributed by atoms with Crippen molar-refractivity contribution in [2.24, 2.45) is 0 Å². The Kier molecular flexibility index (Phi) is 5.43. The molecule has 0 spiro atoms. The number of oxazole rings is 2. The van der Waals surface area contributed by atoms with Gasteiger partial charge in [0.1, 0.15) is 28.2 Å². The lowest BCUT2D eigenvalue weighted by atomic mass is 10.1. The number of carboxylic acids is 1. The highest BCUT2D eigenvalue weighted by atomic mass is 32.1. The van der Waals surface area contributed by atoms with Crippen molar-refractivity contribution in [2.45, 2.75) is 31.3 Å². The first kappa shape index (κ1) is 22.1. The highest BCUT2D eigenvalue weighted by molar-refractivity contribution is 7.07. The van der Waals surface area contributed by atoms with Gasteiger partial charge in [-0.25, -0.2) is 4.79 Å². The molecule has 174 valence electrons. The Bertz CT molecular complexity index is 1520. The van der Waals surface area contributed by atoms with E-state index < -0.39 is 23.6 Å². The van der Waals surface area contributed by atoms with Crippen LogP contribution in [0.25, 0.3) is 11.4 Å². The van der Waals surface area contributed by atoms with Crippen molar-refractivity contribution >= 4 is 40.7 Å². The van der Waals surface area contributed by atoms with Crippen LogP contribution < -0.4 is 5.32 Å².